The molecule has 1 amide bonds. The molecule has 26 heavy (non-hydrogen) atoms. The molecule has 1 N–H and O–H groups in total. The minimum absolute atomic E-state index is 0.00638. The molecule has 1 aromatic heterocycles. The van der Waals surface area contributed by atoms with Gasteiger partial charge in [-0.15, -0.1) is 0 Å². The molecule has 136 valence electrons. The molecule has 0 fully saturated rings. The highest BCUT2D eigenvalue weighted by molar-refractivity contribution is 5.77. The third-order valence-corrected chi connectivity index (χ3v) is 4.05. The van der Waals surface area contributed by atoms with Gasteiger partial charge in [-0.3, -0.25) is 4.79 Å². The van der Waals surface area contributed by atoms with E-state index in [1.165, 1.54) is 0 Å². The molecule has 0 saturated carbocycles. The molecule has 3 rings (SSSR count). The number of hydrogen-bond donors (Lipinski definition) is 1. The Morgan fingerprint density at radius 1 is 1.04 bits per heavy atom. The lowest BCUT2D eigenvalue weighted by atomic mass is 10.1. The van der Waals surface area contributed by atoms with Gasteiger partial charge < -0.3 is 9.88 Å². The van der Waals surface area contributed by atoms with Gasteiger partial charge in [-0.2, -0.15) is 13.2 Å². The van der Waals surface area contributed by atoms with E-state index in [9.17, 15) is 18.0 Å². The summed E-state index contributed by atoms with van der Waals surface area (Å²) < 4.78 is 40.7. The molecule has 0 aliphatic rings. The number of aryl methyl sites for hydroxylation is 1. The standard InChI is InChI=1S/C19H18F3N3O/c20-19(21,22)18-24-15-8-4-5-9-16(15)25(18)13-12-23-17(26)11-10-14-6-2-1-3-7-14/h1-9H,10-13H2,(H,23,26). The van der Waals surface area contributed by atoms with Crippen LogP contribution in [0, 0.1) is 0 Å². The highest BCUT2D eigenvalue weighted by atomic mass is 19.4. The Bertz CT molecular complexity index is 888. The third kappa shape index (κ3) is 4.22. The number of nitrogens with one attached hydrogen (secondary N) is 1. The number of aromatic nitrogens is 2. The Morgan fingerprint density at radius 2 is 1.73 bits per heavy atom. The van der Waals surface area contributed by atoms with Crippen LogP contribution in [0.5, 0.6) is 0 Å². The van der Waals surface area contributed by atoms with Gasteiger partial charge in [-0.1, -0.05) is 42.5 Å². The van der Waals surface area contributed by atoms with E-state index in [0.29, 0.717) is 18.4 Å². The van der Waals surface area contributed by atoms with Crippen molar-refractivity contribution in [3.63, 3.8) is 0 Å². The molecular formula is C19H18F3N3O. The van der Waals surface area contributed by atoms with Crippen LogP contribution in [0.2, 0.25) is 0 Å². The molecule has 0 bridgehead atoms. The largest absolute Gasteiger partial charge is 0.449 e. The summed E-state index contributed by atoms with van der Waals surface area (Å²) in [5, 5.41) is 2.68. The van der Waals surface area contributed by atoms with Crippen LogP contribution in [0.3, 0.4) is 0 Å². The third-order valence-electron chi connectivity index (χ3n) is 4.05. The van der Waals surface area contributed by atoms with Crippen molar-refractivity contribution in [3.05, 3.63) is 66.0 Å². The van der Waals surface area contributed by atoms with Crippen LogP contribution in [-0.4, -0.2) is 22.0 Å². The minimum atomic E-state index is -4.55. The van der Waals surface area contributed by atoms with Crippen LogP contribution in [0.25, 0.3) is 11.0 Å². The highest BCUT2D eigenvalue weighted by Gasteiger charge is 2.37. The predicted molar refractivity (Wildman–Crippen MR) is 92.5 cm³/mol. The summed E-state index contributed by atoms with van der Waals surface area (Å²) in [7, 11) is 0. The summed E-state index contributed by atoms with van der Waals surface area (Å²) in [6.45, 7) is 0.115. The molecule has 0 spiro atoms. The van der Waals surface area contributed by atoms with E-state index in [0.717, 1.165) is 10.1 Å². The lowest BCUT2D eigenvalue weighted by molar-refractivity contribution is -0.146. The maximum Gasteiger partial charge on any atom is 0.449 e. The Morgan fingerprint density at radius 3 is 2.46 bits per heavy atom. The molecule has 0 aliphatic heterocycles. The number of imidazole rings is 1. The molecule has 3 aromatic rings. The molecule has 0 radical (unpaired) electrons. The van der Waals surface area contributed by atoms with E-state index in [4.69, 9.17) is 0 Å². The van der Waals surface area contributed by atoms with Crippen molar-refractivity contribution in [2.75, 3.05) is 6.54 Å². The van der Waals surface area contributed by atoms with Crippen molar-refractivity contribution in [1.82, 2.24) is 14.9 Å². The molecule has 0 atom stereocenters. The van der Waals surface area contributed by atoms with E-state index in [2.05, 4.69) is 10.3 Å². The number of hydrogen-bond acceptors (Lipinski definition) is 2. The van der Waals surface area contributed by atoms with Gasteiger partial charge >= 0.3 is 6.18 Å². The van der Waals surface area contributed by atoms with Gasteiger partial charge in [0.05, 0.1) is 11.0 Å². The number of alkyl halides is 3. The maximum atomic E-state index is 13.2. The van der Waals surface area contributed by atoms with Crippen LogP contribution in [0.4, 0.5) is 13.2 Å². The SMILES string of the molecule is O=C(CCc1ccccc1)NCCn1c(C(F)(F)F)nc2ccccc21. The number of amides is 1. The Balaban J connectivity index is 1.62. The van der Waals surface area contributed by atoms with Gasteiger partial charge in [-0.05, 0) is 24.1 Å². The number of para-hydroxylation sites is 2. The fraction of sp³-hybridized carbons (Fsp3) is 0.263. The molecule has 2 aromatic carbocycles. The number of nitrogens with zero attached hydrogens (tertiary/aromatic N) is 2. The van der Waals surface area contributed by atoms with Crippen molar-refractivity contribution >= 4 is 16.9 Å². The zero-order valence-electron chi connectivity index (χ0n) is 14.0. The van der Waals surface area contributed by atoms with E-state index in [1.54, 1.807) is 24.3 Å². The van der Waals surface area contributed by atoms with E-state index >= 15 is 0 Å². The van der Waals surface area contributed by atoms with Crippen molar-refractivity contribution in [3.8, 4) is 0 Å². The highest BCUT2D eigenvalue weighted by Crippen LogP contribution is 2.31. The van der Waals surface area contributed by atoms with Crippen molar-refractivity contribution in [1.29, 1.82) is 0 Å². The fourth-order valence-corrected chi connectivity index (χ4v) is 2.82. The van der Waals surface area contributed by atoms with Gasteiger partial charge in [0.2, 0.25) is 11.7 Å². The summed E-state index contributed by atoms with van der Waals surface area (Å²) in [5.41, 5.74) is 1.73. The van der Waals surface area contributed by atoms with Crippen LogP contribution >= 0.6 is 0 Å². The smallest absolute Gasteiger partial charge is 0.354 e. The first-order valence-corrected chi connectivity index (χ1v) is 8.28. The Kier molecular flexibility index (Phi) is 5.25. The maximum absolute atomic E-state index is 13.2. The van der Waals surface area contributed by atoms with Gasteiger partial charge in [0.15, 0.2) is 0 Å². The quantitative estimate of drug-likeness (QED) is 0.726. The van der Waals surface area contributed by atoms with E-state index in [-0.39, 0.29) is 24.5 Å². The second-order valence-corrected chi connectivity index (χ2v) is 5.91. The number of halogens is 3. The summed E-state index contributed by atoms with van der Waals surface area (Å²) in [5.74, 6) is -1.14. The normalized spacial score (nSPS) is 11.7. The predicted octanol–water partition coefficient (Wildman–Crippen LogP) is 3.80. The molecule has 0 unspecified atom stereocenters. The Hall–Kier alpha value is -2.83. The zero-order chi connectivity index (χ0) is 18.6. The van der Waals surface area contributed by atoms with Gasteiger partial charge in [0, 0.05) is 19.5 Å². The molecule has 0 aliphatic carbocycles. The van der Waals surface area contributed by atoms with Gasteiger partial charge in [0.1, 0.15) is 0 Å². The molecule has 0 saturated heterocycles. The fourth-order valence-electron chi connectivity index (χ4n) is 2.82. The first-order chi connectivity index (χ1) is 12.4. The monoisotopic (exact) mass is 361 g/mol. The van der Waals surface area contributed by atoms with Crippen LogP contribution < -0.4 is 5.32 Å². The number of carbonyl (C=O) groups excluding carboxylic acids is 1. The second-order valence-electron chi connectivity index (χ2n) is 5.91. The van der Waals surface area contributed by atoms with E-state index < -0.39 is 12.0 Å². The molecule has 4 nitrogen and oxygen atoms in total. The Labute approximate surface area is 148 Å². The number of rotatable bonds is 6. The number of fused-ring (bicyclic) bond motifs is 1. The van der Waals surface area contributed by atoms with E-state index in [1.807, 2.05) is 30.3 Å². The second kappa shape index (κ2) is 7.59. The summed E-state index contributed by atoms with van der Waals surface area (Å²) >= 11 is 0. The molecular weight excluding hydrogens is 343 g/mol. The van der Waals surface area contributed by atoms with Crippen LogP contribution in [-0.2, 0) is 23.9 Å². The van der Waals surface area contributed by atoms with Gasteiger partial charge in [-0.25, -0.2) is 4.98 Å². The average molecular weight is 361 g/mol. The summed E-state index contributed by atoms with van der Waals surface area (Å²) in [6.07, 6.45) is -3.66. The summed E-state index contributed by atoms with van der Waals surface area (Å²) in [6, 6.07) is 16.0. The van der Waals surface area contributed by atoms with Crippen molar-refractivity contribution in [2.24, 2.45) is 0 Å². The van der Waals surface area contributed by atoms with Crippen molar-refractivity contribution < 1.29 is 18.0 Å². The first-order valence-electron chi connectivity index (χ1n) is 8.28. The lowest BCUT2D eigenvalue weighted by Crippen LogP contribution is -2.28. The number of carbonyl (C=O) groups is 1. The zero-order valence-corrected chi connectivity index (χ0v) is 14.0. The lowest BCUT2D eigenvalue weighted by Gasteiger charge is -2.12. The van der Waals surface area contributed by atoms with Crippen LogP contribution in [0.15, 0.2) is 54.6 Å². The topological polar surface area (TPSA) is 46.9 Å². The first kappa shape index (κ1) is 18.0. The van der Waals surface area contributed by atoms with Gasteiger partial charge in [0.25, 0.3) is 0 Å². The molecule has 7 heteroatoms. The summed E-state index contributed by atoms with van der Waals surface area (Å²) in [4.78, 5) is 15.6. The average Bonchev–Trinajstić information content (AvgIpc) is 3.00. The molecule has 1 heterocycles. The van der Waals surface area contributed by atoms with Crippen molar-refractivity contribution in [2.45, 2.75) is 25.6 Å². The number of benzene rings is 2. The minimum Gasteiger partial charge on any atom is -0.354 e. The van der Waals surface area contributed by atoms with Crippen LogP contribution in [0.1, 0.15) is 17.8 Å².